The zero-order valence-electron chi connectivity index (χ0n) is 11.2. The first kappa shape index (κ1) is 13.8. The fourth-order valence-corrected chi connectivity index (χ4v) is 2.61. The number of carboxylic acid groups (broad SMARTS) is 1. The second-order valence-electron chi connectivity index (χ2n) is 5.30. The predicted octanol–water partition coefficient (Wildman–Crippen LogP) is 3.10. The Morgan fingerprint density at radius 1 is 1.21 bits per heavy atom. The molecule has 0 amide bonds. The molecule has 0 aliphatic rings. The highest BCUT2D eigenvalue weighted by atomic mass is 32.2. The average Bonchev–Trinajstić information content (AvgIpc) is 2.34. The number of aromatic nitrogens is 2. The Morgan fingerprint density at radius 2 is 1.79 bits per heavy atom. The number of thioether (sulfide) groups is 1. The van der Waals surface area contributed by atoms with E-state index in [1.54, 1.807) is 0 Å². The molecule has 0 saturated heterocycles. The van der Waals surface area contributed by atoms with Crippen molar-refractivity contribution in [2.45, 2.75) is 31.2 Å². The van der Waals surface area contributed by atoms with Crippen molar-refractivity contribution in [3.05, 3.63) is 30.0 Å². The van der Waals surface area contributed by atoms with E-state index in [2.05, 4.69) is 30.7 Å². The molecule has 1 aromatic carbocycles. The molecule has 0 unspecified atom stereocenters. The Hall–Kier alpha value is -1.62. The highest BCUT2D eigenvalue weighted by molar-refractivity contribution is 7.99. The highest BCUT2D eigenvalue weighted by Crippen LogP contribution is 2.31. The van der Waals surface area contributed by atoms with Crippen molar-refractivity contribution in [3.8, 4) is 0 Å². The van der Waals surface area contributed by atoms with Gasteiger partial charge in [0.2, 0.25) is 0 Å². The molecule has 0 aliphatic carbocycles. The van der Waals surface area contributed by atoms with Gasteiger partial charge in [-0.25, -0.2) is 9.97 Å². The van der Waals surface area contributed by atoms with Crippen molar-refractivity contribution in [2.75, 3.05) is 5.75 Å². The van der Waals surface area contributed by atoms with Crippen molar-refractivity contribution in [2.24, 2.45) is 0 Å². The van der Waals surface area contributed by atoms with E-state index < -0.39 is 5.97 Å². The summed E-state index contributed by atoms with van der Waals surface area (Å²) in [7, 11) is 0. The molecule has 4 nitrogen and oxygen atoms in total. The van der Waals surface area contributed by atoms with E-state index in [4.69, 9.17) is 5.11 Å². The molecular weight excluding hydrogens is 260 g/mol. The summed E-state index contributed by atoms with van der Waals surface area (Å²) in [6, 6.07) is 7.63. The normalized spacial score (nSPS) is 11.7. The third kappa shape index (κ3) is 3.23. The molecule has 5 heteroatoms. The third-order valence-corrected chi connectivity index (χ3v) is 3.53. The van der Waals surface area contributed by atoms with Crippen LogP contribution in [0.2, 0.25) is 0 Å². The Kier molecular flexibility index (Phi) is 3.75. The standard InChI is InChI=1S/C14H16N2O2S/c1-14(2,3)12-13(19-8-11(17)18)16-10-7-5-4-6-9(10)15-12/h4-7H,8H2,1-3H3,(H,17,18). The first-order chi connectivity index (χ1) is 8.88. The van der Waals surface area contributed by atoms with Crippen molar-refractivity contribution in [3.63, 3.8) is 0 Å². The molecule has 0 atom stereocenters. The summed E-state index contributed by atoms with van der Waals surface area (Å²) in [5.41, 5.74) is 2.31. The molecule has 1 heterocycles. The van der Waals surface area contributed by atoms with Gasteiger partial charge in [-0.15, -0.1) is 0 Å². The maximum Gasteiger partial charge on any atom is 0.313 e. The minimum absolute atomic E-state index is 0.00387. The number of carbonyl (C=O) groups is 1. The lowest BCUT2D eigenvalue weighted by Crippen LogP contribution is -2.16. The number of para-hydroxylation sites is 2. The van der Waals surface area contributed by atoms with Crippen molar-refractivity contribution in [1.82, 2.24) is 9.97 Å². The molecule has 0 saturated carbocycles. The van der Waals surface area contributed by atoms with Gasteiger partial charge in [0.15, 0.2) is 0 Å². The van der Waals surface area contributed by atoms with Gasteiger partial charge in [0.1, 0.15) is 5.03 Å². The molecule has 0 aliphatic heterocycles. The number of nitrogens with zero attached hydrogens (tertiary/aromatic N) is 2. The Balaban J connectivity index is 2.54. The molecule has 2 rings (SSSR count). The molecular formula is C14H16N2O2S. The van der Waals surface area contributed by atoms with Crippen LogP contribution in [0, 0.1) is 0 Å². The number of aliphatic carboxylic acids is 1. The van der Waals surface area contributed by atoms with Crippen LogP contribution in [-0.4, -0.2) is 26.8 Å². The summed E-state index contributed by atoms with van der Waals surface area (Å²) in [5.74, 6) is -0.851. The predicted molar refractivity (Wildman–Crippen MR) is 76.6 cm³/mol. The fraction of sp³-hybridized carbons (Fsp3) is 0.357. The van der Waals surface area contributed by atoms with Gasteiger partial charge in [-0.1, -0.05) is 44.7 Å². The molecule has 0 radical (unpaired) electrons. The van der Waals surface area contributed by atoms with Crippen LogP contribution in [0.1, 0.15) is 26.5 Å². The number of rotatable bonds is 3. The second-order valence-corrected chi connectivity index (χ2v) is 6.26. The molecule has 1 aromatic heterocycles. The molecule has 0 fully saturated rings. The van der Waals surface area contributed by atoms with Crippen LogP contribution < -0.4 is 0 Å². The Morgan fingerprint density at radius 3 is 2.32 bits per heavy atom. The lowest BCUT2D eigenvalue weighted by atomic mass is 9.92. The summed E-state index contributed by atoms with van der Waals surface area (Å²) in [6.07, 6.45) is 0. The van der Waals surface area contributed by atoms with E-state index in [1.807, 2.05) is 24.3 Å². The molecule has 0 spiro atoms. The van der Waals surface area contributed by atoms with Gasteiger partial charge in [-0.3, -0.25) is 4.79 Å². The van der Waals surface area contributed by atoms with Gasteiger partial charge in [-0.2, -0.15) is 0 Å². The first-order valence-electron chi connectivity index (χ1n) is 6.00. The van der Waals surface area contributed by atoms with Gasteiger partial charge in [0, 0.05) is 5.41 Å². The van der Waals surface area contributed by atoms with Crippen LogP contribution >= 0.6 is 11.8 Å². The molecule has 2 aromatic rings. The minimum atomic E-state index is -0.847. The highest BCUT2D eigenvalue weighted by Gasteiger charge is 2.22. The summed E-state index contributed by atoms with van der Waals surface area (Å²) in [5, 5.41) is 9.52. The van der Waals surface area contributed by atoms with Crippen LogP contribution in [0.3, 0.4) is 0 Å². The van der Waals surface area contributed by atoms with Crippen LogP contribution in [-0.2, 0) is 10.2 Å². The van der Waals surface area contributed by atoms with E-state index in [0.29, 0.717) is 5.03 Å². The number of hydrogen-bond acceptors (Lipinski definition) is 4. The van der Waals surface area contributed by atoms with E-state index in [9.17, 15) is 4.79 Å². The van der Waals surface area contributed by atoms with Gasteiger partial charge >= 0.3 is 5.97 Å². The van der Waals surface area contributed by atoms with E-state index in [0.717, 1.165) is 16.7 Å². The molecule has 1 N–H and O–H groups in total. The largest absolute Gasteiger partial charge is 0.481 e. The van der Waals surface area contributed by atoms with E-state index in [-0.39, 0.29) is 11.2 Å². The topological polar surface area (TPSA) is 63.1 Å². The number of benzene rings is 1. The van der Waals surface area contributed by atoms with Gasteiger partial charge < -0.3 is 5.11 Å². The smallest absolute Gasteiger partial charge is 0.313 e. The maximum atomic E-state index is 10.7. The summed E-state index contributed by atoms with van der Waals surface area (Å²) >= 11 is 1.22. The van der Waals surface area contributed by atoms with Gasteiger partial charge in [0.05, 0.1) is 22.5 Å². The Labute approximate surface area is 116 Å². The SMILES string of the molecule is CC(C)(C)c1nc2ccccc2nc1SCC(=O)O. The molecule has 0 bridgehead atoms. The second kappa shape index (κ2) is 5.17. The number of hydrogen-bond donors (Lipinski definition) is 1. The van der Waals surface area contributed by atoms with Crippen molar-refractivity contribution >= 4 is 28.8 Å². The van der Waals surface area contributed by atoms with Gasteiger partial charge in [-0.05, 0) is 12.1 Å². The Bertz CT molecular complexity index is 620. The summed E-state index contributed by atoms with van der Waals surface area (Å²) in [4.78, 5) is 19.9. The minimum Gasteiger partial charge on any atom is -0.481 e. The van der Waals surface area contributed by atoms with Crippen LogP contribution in [0.5, 0.6) is 0 Å². The van der Waals surface area contributed by atoms with Gasteiger partial charge in [0.25, 0.3) is 0 Å². The zero-order valence-corrected chi connectivity index (χ0v) is 12.0. The third-order valence-electron chi connectivity index (χ3n) is 2.58. The zero-order chi connectivity index (χ0) is 14.0. The number of carboxylic acids is 1. The fourth-order valence-electron chi connectivity index (χ4n) is 1.70. The van der Waals surface area contributed by atoms with Crippen LogP contribution in [0.4, 0.5) is 0 Å². The quantitative estimate of drug-likeness (QED) is 0.873. The lowest BCUT2D eigenvalue weighted by Gasteiger charge is -2.20. The first-order valence-corrected chi connectivity index (χ1v) is 6.98. The van der Waals surface area contributed by atoms with E-state index >= 15 is 0 Å². The lowest BCUT2D eigenvalue weighted by molar-refractivity contribution is -0.133. The van der Waals surface area contributed by atoms with E-state index in [1.165, 1.54) is 11.8 Å². The summed E-state index contributed by atoms with van der Waals surface area (Å²) < 4.78 is 0. The van der Waals surface area contributed by atoms with Crippen LogP contribution in [0.25, 0.3) is 11.0 Å². The average molecular weight is 276 g/mol. The summed E-state index contributed by atoms with van der Waals surface area (Å²) in [6.45, 7) is 6.16. The van der Waals surface area contributed by atoms with Crippen molar-refractivity contribution in [1.29, 1.82) is 0 Å². The van der Waals surface area contributed by atoms with Crippen LogP contribution in [0.15, 0.2) is 29.3 Å². The molecule has 19 heavy (non-hydrogen) atoms. The van der Waals surface area contributed by atoms with Crippen molar-refractivity contribution < 1.29 is 9.90 Å². The monoisotopic (exact) mass is 276 g/mol. The maximum absolute atomic E-state index is 10.7. The molecule has 100 valence electrons. The number of fused-ring (bicyclic) bond motifs is 1.